The van der Waals surface area contributed by atoms with Gasteiger partial charge in [-0.05, 0) is 29.3 Å². The van der Waals surface area contributed by atoms with Gasteiger partial charge in [0.05, 0.1) is 10.4 Å². The highest BCUT2D eigenvalue weighted by atomic mass is 35.5. The van der Waals surface area contributed by atoms with Crippen LogP contribution in [0.25, 0.3) is 5.57 Å². The smallest absolute Gasteiger partial charge is 0.115 e. The average Bonchev–Trinajstić information content (AvgIpc) is 2.26. The average molecular weight is 328 g/mol. The number of allylic oxidation sites excluding steroid dienone is 4. The highest BCUT2D eigenvalue weighted by Gasteiger charge is 2.38. The van der Waals surface area contributed by atoms with Crippen molar-refractivity contribution in [1.29, 1.82) is 0 Å². The molecule has 90 valence electrons. The number of rotatable bonds is 1. The summed E-state index contributed by atoms with van der Waals surface area (Å²) in [6.45, 7) is 0. The first-order valence-electron chi connectivity index (χ1n) is 4.78. The first kappa shape index (κ1) is 13.6. The van der Waals surface area contributed by atoms with Crippen molar-refractivity contribution in [2.75, 3.05) is 0 Å². The molecule has 5 heteroatoms. The maximum atomic E-state index is 6.09. The predicted octanol–water partition coefficient (Wildman–Crippen LogP) is 5.64. The maximum absolute atomic E-state index is 6.09. The minimum atomic E-state index is -1.27. The molecular formula is C12H7Cl5. The van der Waals surface area contributed by atoms with E-state index < -0.39 is 9.71 Å². The Morgan fingerprint density at radius 3 is 2.41 bits per heavy atom. The van der Waals surface area contributed by atoms with Gasteiger partial charge in [0.15, 0.2) is 4.33 Å². The number of benzene rings is 1. The molecule has 17 heavy (non-hydrogen) atoms. The number of hydrogen-bond donors (Lipinski definition) is 0. The summed E-state index contributed by atoms with van der Waals surface area (Å²) in [4.78, 5) is 0. The molecule has 0 aliphatic heterocycles. The minimum absolute atomic E-state index is 0.304. The molecule has 0 radical (unpaired) electrons. The Labute approximate surface area is 125 Å². The van der Waals surface area contributed by atoms with Gasteiger partial charge in [0.1, 0.15) is 0 Å². The minimum Gasteiger partial charge on any atom is -0.115 e. The third-order valence-corrected chi connectivity index (χ3v) is 4.82. The van der Waals surface area contributed by atoms with Crippen molar-refractivity contribution in [2.24, 2.45) is 0 Å². The third kappa shape index (κ3) is 2.77. The Morgan fingerprint density at radius 2 is 1.82 bits per heavy atom. The van der Waals surface area contributed by atoms with Crippen LogP contribution in [0, 0.1) is 0 Å². The first-order valence-corrected chi connectivity index (χ1v) is 6.73. The second-order valence-electron chi connectivity index (χ2n) is 3.65. The van der Waals surface area contributed by atoms with E-state index in [4.69, 9.17) is 58.0 Å². The SMILES string of the molecule is ClC1=CC(c2cccc(Cl)c2)=CC(Cl)C1(Cl)Cl. The lowest BCUT2D eigenvalue weighted by molar-refractivity contribution is 0.955. The lowest BCUT2D eigenvalue weighted by atomic mass is 9.99. The fourth-order valence-electron chi connectivity index (χ4n) is 1.52. The summed E-state index contributed by atoms with van der Waals surface area (Å²) in [5.41, 5.74) is 1.78. The zero-order valence-electron chi connectivity index (χ0n) is 8.43. The molecule has 2 rings (SSSR count). The van der Waals surface area contributed by atoms with Crippen LogP contribution in [-0.4, -0.2) is 9.71 Å². The molecule has 0 nitrogen and oxygen atoms in total. The van der Waals surface area contributed by atoms with Gasteiger partial charge in [-0.2, -0.15) is 0 Å². The summed E-state index contributed by atoms with van der Waals surface area (Å²) < 4.78 is -1.27. The summed E-state index contributed by atoms with van der Waals surface area (Å²) >= 11 is 30.1. The van der Waals surface area contributed by atoms with Gasteiger partial charge in [-0.25, -0.2) is 0 Å². The van der Waals surface area contributed by atoms with Crippen molar-refractivity contribution < 1.29 is 0 Å². The van der Waals surface area contributed by atoms with E-state index in [1.165, 1.54) is 0 Å². The second kappa shape index (κ2) is 5.03. The third-order valence-electron chi connectivity index (χ3n) is 2.43. The summed E-state index contributed by atoms with van der Waals surface area (Å²) in [5.74, 6) is 0. The normalized spacial score (nSPS) is 23.0. The first-order chi connectivity index (χ1) is 7.91. The van der Waals surface area contributed by atoms with Crippen LogP contribution >= 0.6 is 58.0 Å². The van der Waals surface area contributed by atoms with Gasteiger partial charge in [0, 0.05) is 5.02 Å². The van der Waals surface area contributed by atoms with Crippen molar-refractivity contribution in [3.05, 3.63) is 52.0 Å². The molecule has 1 unspecified atom stereocenters. The Morgan fingerprint density at radius 1 is 1.12 bits per heavy atom. The number of hydrogen-bond acceptors (Lipinski definition) is 0. The largest absolute Gasteiger partial charge is 0.173 e. The van der Waals surface area contributed by atoms with Gasteiger partial charge < -0.3 is 0 Å². The molecule has 0 amide bonds. The molecule has 1 aromatic carbocycles. The van der Waals surface area contributed by atoms with E-state index in [9.17, 15) is 0 Å². The molecule has 0 saturated carbocycles. The Kier molecular flexibility index (Phi) is 4.02. The molecule has 0 heterocycles. The van der Waals surface area contributed by atoms with Gasteiger partial charge in [-0.15, -0.1) is 11.6 Å². The lowest BCUT2D eigenvalue weighted by Crippen LogP contribution is -2.28. The van der Waals surface area contributed by atoms with Crippen LogP contribution in [0.4, 0.5) is 0 Å². The van der Waals surface area contributed by atoms with Crippen molar-refractivity contribution >= 4 is 63.6 Å². The van der Waals surface area contributed by atoms with Gasteiger partial charge >= 0.3 is 0 Å². The van der Waals surface area contributed by atoms with Gasteiger partial charge in [0.2, 0.25) is 0 Å². The van der Waals surface area contributed by atoms with Crippen LogP contribution in [0.3, 0.4) is 0 Å². The summed E-state index contributed by atoms with van der Waals surface area (Å²) in [6, 6.07) is 7.39. The van der Waals surface area contributed by atoms with Crippen LogP contribution in [0.5, 0.6) is 0 Å². The molecule has 0 bridgehead atoms. The molecule has 0 N–H and O–H groups in total. The molecule has 1 aliphatic rings. The monoisotopic (exact) mass is 326 g/mol. The zero-order valence-corrected chi connectivity index (χ0v) is 12.2. The number of alkyl halides is 3. The van der Waals surface area contributed by atoms with Crippen LogP contribution < -0.4 is 0 Å². The van der Waals surface area contributed by atoms with E-state index in [1.807, 2.05) is 18.2 Å². The van der Waals surface area contributed by atoms with E-state index in [1.54, 1.807) is 18.2 Å². The topological polar surface area (TPSA) is 0 Å². The number of halogens is 5. The van der Waals surface area contributed by atoms with E-state index in [0.717, 1.165) is 11.1 Å². The van der Waals surface area contributed by atoms with Crippen LogP contribution in [-0.2, 0) is 0 Å². The zero-order chi connectivity index (χ0) is 12.6. The fourth-order valence-corrected chi connectivity index (χ4v) is 2.49. The summed E-state index contributed by atoms with van der Waals surface area (Å²) in [5, 5.41) is 0.364. The fraction of sp³-hybridized carbons (Fsp3) is 0.167. The van der Waals surface area contributed by atoms with Crippen molar-refractivity contribution in [3.8, 4) is 0 Å². The van der Waals surface area contributed by atoms with Crippen LogP contribution in [0.2, 0.25) is 5.02 Å². The molecule has 0 fully saturated rings. The Hall–Kier alpha value is 0.150. The van der Waals surface area contributed by atoms with Gasteiger partial charge in [-0.3, -0.25) is 0 Å². The van der Waals surface area contributed by atoms with Crippen LogP contribution in [0.1, 0.15) is 5.56 Å². The van der Waals surface area contributed by atoms with Crippen molar-refractivity contribution in [1.82, 2.24) is 0 Å². The Bertz CT molecular complexity index is 501. The molecular weight excluding hydrogens is 321 g/mol. The molecule has 1 aliphatic carbocycles. The van der Waals surface area contributed by atoms with Crippen LogP contribution in [0.15, 0.2) is 41.4 Å². The molecule has 0 spiro atoms. The maximum Gasteiger partial charge on any atom is 0.173 e. The Balaban J connectivity index is 2.43. The standard InChI is InChI=1S/C12H7Cl5/c13-9-3-1-2-7(4-9)8-5-10(14)12(16,17)11(15)6-8/h1-6,10H. The highest BCUT2D eigenvalue weighted by molar-refractivity contribution is 6.60. The van der Waals surface area contributed by atoms with E-state index in [2.05, 4.69) is 0 Å². The predicted molar refractivity (Wildman–Crippen MR) is 77.4 cm³/mol. The lowest BCUT2D eigenvalue weighted by Gasteiger charge is -2.27. The quantitative estimate of drug-likeness (QED) is 0.585. The second-order valence-corrected chi connectivity index (χ2v) is 6.35. The summed E-state index contributed by atoms with van der Waals surface area (Å²) in [7, 11) is 0. The van der Waals surface area contributed by atoms with E-state index >= 15 is 0 Å². The van der Waals surface area contributed by atoms with E-state index in [0.29, 0.717) is 10.1 Å². The molecule has 0 aromatic heterocycles. The van der Waals surface area contributed by atoms with Gasteiger partial charge in [-0.1, -0.05) is 64.6 Å². The highest BCUT2D eigenvalue weighted by Crippen LogP contribution is 2.45. The molecule has 1 aromatic rings. The molecule has 0 saturated heterocycles. The van der Waals surface area contributed by atoms with Crippen molar-refractivity contribution in [3.63, 3.8) is 0 Å². The van der Waals surface area contributed by atoms with E-state index in [-0.39, 0.29) is 0 Å². The summed E-state index contributed by atoms with van der Waals surface area (Å²) in [6.07, 6.45) is 3.46. The van der Waals surface area contributed by atoms with Crippen molar-refractivity contribution in [2.45, 2.75) is 9.71 Å². The molecule has 1 atom stereocenters. The van der Waals surface area contributed by atoms with Gasteiger partial charge in [0.25, 0.3) is 0 Å².